The van der Waals surface area contributed by atoms with Crippen LogP contribution >= 0.6 is 22.9 Å². The third kappa shape index (κ3) is 2.62. The smallest absolute Gasteiger partial charge is 0.187 e. The molecule has 1 aromatic heterocycles. The zero-order valence-corrected chi connectivity index (χ0v) is 10.3. The number of thiazole rings is 1. The lowest BCUT2D eigenvalue weighted by molar-refractivity contribution is 0.841. The number of aryl methyl sites for hydroxylation is 1. The maximum absolute atomic E-state index is 6.09. The van der Waals surface area contributed by atoms with Crippen molar-refractivity contribution in [2.75, 3.05) is 24.5 Å². The number of nitrogens with zero attached hydrogens (tertiary/aromatic N) is 2. The molecule has 0 unspecified atom stereocenters. The minimum absolute atomic E-state index is 0.676. The van der Waals surface area contributed by atoms with Gasteiger partial charge in [0.15, 0.2) is 5.13 Å². The molecule has 1 aromatic rings. The number of rotatable bonds is 4. The van der Waals surface area contributed by atoms with Crippen LogP contribution in [0.1, 0.15) is 24.1 Å². The van der Waals surface area contributed by atoms with Gasteiger partial charge in [0.1, 0.15) is 5.15 Å². The van der Waals surface area contributed by atoms with Gasteiger partial charge < -0.3 is 10.6 Å². The summed E-state index contributed by atoms with van der Waals surface area (Å²) >= 11 is 7.81. The molecular formula is C10H16ClN3S. The average Bonchev–Trinajstić information content (AvgIpc) is 2.83. The Hall–Kier alpha value is -0.320. The number of nitrogens with two attached hydrogens (primary N) is 1. The van der Waals surface area contributed by atoms with Crippen LogP contribution in [0.3, 0.4) is 0 Å². The molecule has 0 saturated carbocycles. The van der Waals surface area contributed by atoms with E-state index in [1.54, 1.807) is 11.3 Å². The summed E-state index contributed by atoms with van der Waals surface area (Å²) in [6, 6.07) is 0. The highest BCUT2D eigenvalue weighted by Crippen LogP contribution is 2.32. The molecule has 3 nitrogen and oxygen atoms in total. The first-order valence-corrected chi connectivity index (χ1v) is 6.61. The van der Waals surface area contributed by atoms with Crippen LogP contribution in [-0.2, 0) is 6.42 Å². The van der Waals surface area contributed by atoms with E-state index in [1.807, 2.05) is 0 Å². The van der Waals surface area contributed by atoms with Crippen molar-refractivity contribution in [2.24, 2.45) is 5.73 Å². The van der Waals surface area contributed by atoms with E-state index in [0.29, 0.717) is 11.7 Å². The summed E-state index contributed by atoms with van der Waals surface area (Å²) in [4.78, 5) is 7.92. The topological polar surface area (TPSA) is 42.1 Å². The third-order valence-corrected chi connectivity index (χ3v) is 4.22. The van der Waals surface area contributed by atoms with E-state index in [1.165, 1.54) is 17.7 Å². The monoisotopic (exact) mass is 245 g/mol. The minimum Gasteiger partial charge on any atom is -0.348 e. The first kappa shape index (κ1) is 11.2. The van der Waals surface area contributed by atoms with Crippen LogP contribution in [0.5, 0.6) is 0 Å². The average molecular weight is 246 g/mol. The zero-order chi connectivity index (χ0) is 10.7. The van der Waals surface area contributed by atoms with Gasteiger partial charge in [0.2, 0.25) is 0 Å². The summed E-state index contributed by atoms with van der Waals surface area (Å²) in [6.45, 7) is 2.97. The SMILES string of the molecule is NCCCc1sc(N2CCCC2)nc1Cl. The summed E-state index contributed by atoms with van der Waals surface area (Å²) in [6.07, 6.45) is 4.49. The molecule has 5 heteroatoms. The van der Waals surface area contributed by atoms with E-state index in [4.69, 9.17) is 17.3 Å². The second-order valence-corrected chi connectivity index (χ2v) is 5.22. The first-order chi connectivity index (χ1) is 7.31. The predicted molar refractivity (Wildman–Crippen MR) is 65.9 cm³/mol. The van der Waals surface area contributed by atoms with Crippen LogP contribution in [0.15, 0.2) is 0 Å². The lowest BCUT2D eigenvalue weighted by atomic mass is 10.3. The number of hydrogen-bond acceptors (Lipinski definition) is 4. The van der Waals surface area contributed by atoms with Crippen molar-refractivity contribution in [3.05, 3.63) is 10.0 Å². The fraction of sp³-hybridized carbons (Fsp3) is 0.700. The Morgan fingerprint density at radius 3 is 2.80 bits per heavy atom. The summed E-state index contributed by atoms with van der Waals surface area (Å²) < 4.78 is 0. The highest BCUT2D eigenvalue weighted by atomic mass is 35.5. The molecule has 1 saturated heterocycles. The molecule has 1 fully saturated rings. The van der Waals surface area contributed by atoms with Gasteiger partial charge in [-0.05, 0) is 32.2 Å². The molecule has 15 heavy (non-hydrogen) atoms. The first-order valence-electron chi connectivity index (χ1n) is 5.41. The zero-order valence-electron chi connectivity index (χ0n) is 8.71. The van der Waals surface area contributed by atoms with E-state index >= 15 is 0 Å². The molecule has 0 radical (unpaired) electrons. The Bertz CT molecular complexity index is 320. The molecule has 2 heterocycles. The molecule has 84 valence electrons. The van der Waals surface area contributed by atoms with Gasteiger partial charge in [-0.3, -0.25) is 0 Å². The Kier molecular flexibility index (Phi) is 3.83. The van der Waals surface area contributed by atoms with Crippen molar-refractivity contribution in [2.45, 2.75) is 25.7 Å². The Balaban J connectivity index is 2.06. The second-order valence-electron chi connectivity index (χ2n) is 3.80. The quantitative estimate of drug-likeness (QED) is 0.885. The van der Waals surface area contributed by atoms with E-state index < -0.39 is 0 Å². The minimum atomic E-state index is 0.676. The molecule has 0 aliphatic carbocycles. The molecule has 0 aromatic carbocycles. The molecule has 1 aliphatic heterocycles. The van der Waals surface area contributed by atoms with Crippen molar-refractivity contribution in [3.8, 4) is 0 Å². The van der Waals surface area contributed by atoms with Gasteiger partial charge in [0.25, 0.3) is 0 Å². The maximum Gasteiger partial charge on any atom is 0.187 e. The molecule has 2 rings (SSSR count). The maximum atomic E-state index is 6.09. The van der Waals surface area contributed by atoms with Gasteiger partial charge in [-0.2, -0.15) is 0 Å². The fourth-order valence-corrected chi connectivity index (χ4v) is 3.17. The fourth-order valence-electron chi connectivity index (χ4n) is 1.78. The van der Waals surface area contributed by atoms with Crippen molar-refractivity contribution in [3.63, 3.8) is 0 Å². The molecule has 0 amide bonds. The highest BCUT2D eigenvalue weighted by Gasteiger charge is 2.17. The van der Waals surface area contributed by atoms with Gasteiger partial charge in [-0.15, -0.1) is 11.3 Å². The van der Waals surface area contributed by atoms with Crippen molar-refractivity contribution in [1.29, 1.82) is 0 Å². The van der Waals surface area contributed by atoms with Crippen LogP contribution in [-0.4, -0.2) is 24.6 Å². The molecule has 0 bridgehead atoms. The summed E-state index contributed by atoms with van der Waals surface area (Å²) in [5.74, 6) is 0. The van der Waals surface area contributed by atoms with Crippen molar-refractivity contribution < 1.29 is 0 Å². The van der Waals surface area contributed by atoms with Crippen molar-refractivity contribution >= 4 is 28.1 Å². The molecule has 0 atom stereocenters. The van der Waals surface area contributed by atoms with Crippen molar-refractivity contribution in [1.82, 2.24) is 4.98 Å². The molecule has 2 N–H and O–H groups in total. The highest BCUT2D eigenvalue weighted by molar-refractivity contribution is 7.16. The Labute approximate surface area is 99.2 Å². The normalized spacial score (nSPS) is 16.3. The number of hydrogen-bond donors (Lipinski definition) is 1. The van der Waals surface area contributed by atoms with E-state index in [0.717, 1.165) is 31.1 Å². The summed E-state index contributed by atoms with van der Waals surface area (Å²) in [7, 11) is 0. The van der Waals surface area contributed by atoms with Crippen LogP contribution in [0.4, 0.5) is 5.13 Å². The number of aromatic nitrogens is 1. The van der Waals surface area contributed by atoms with Gasteiger partial charge in [0, 0.05) is 18.0 Å². The van der Waals surface area contributed by atoms with Gasteiger partial charge in [-0.1, -0.05) is 11.6 Å². The van der Waals surface area contributed by atoms with Gasteiger partial charge in [-0.25, -0.2) is 4.98 Å². The van der Waals surface area contributed by atoms with Crippen LogP contribution in [0.2, 0.25) is 5.15 Å². The van der Waals surface area contributed by atoms with Crippen LogP contribution in [0, 0.1) is 0 Å². The van der Waals surface area contributed by atoms with E-state index in [-0.39, 0.29) is 0 Å². The van der Waals surface area contributed by atoms with Crippen LogP contribution < -0.4 is 10.6 Å². The third-order valence-electron chi connectivity index (χ3n) is 2.62. The number of anilines is 1. The molecular weight excluding hydrogens is 230 g/mol. The summed E-state index contributed by atoms with van der Waals surface area (Å²) in [5.41, 5.74) is 5.49. The van der Waals surface area contributed by atoms with E-state index in [9.17, 15) is 0 Å². The molecule has 1 aliphatic rings. The second kappa shape index (κ2) is 5.14. The summed E-state index contributed by atoms with van der Waals surface area (Å²) in [5, 5.41) is 1.76. The standard InChI is InChI=1S/C10H16ClN3S/c11-9-8(4-3-5-12)15-10(13-9)14-6-1-2-7-14/h1-7,12H2. The molecule has 0 spiro atoms. The Morgan fingerprint density at radius 2 is 2.13 bits per heavy atom. The number of halogens is 1. The van der Waals surface area contributed by atoms with Gasteiger partial charge >= 0.3 is 0 Å². The predicted octanol–water partition coefficient (Wildman–Crippen LogP) is 2.29. The van der Waals surface area contributed by atoms with Crippen LogP contribution in [0.25, 0.3) is 0 Å². The lowest BCUT2D eigenvalue weighted by Gasteiger charge is -2.11. The largest absolute Gasteiger partial charge is 0.348 e. The lowest BCUT2D eigenvalue weighted by Crippen LogP contribution is -2.16. The van der Waals surface area contributed by atoms with E-state index in [2.05, 4.69) is 9.88 Å². The Morgan fingerprint density at radius 1 is 1.40 bits per heavy atom. The van der Waals surface area contributed by atoms with Gasteiger partial charge in [0.05, 0.1) is 0 Å².